The van der Waals surface area contributed by atoms with Crippen molar-refractivity contribution in [1.82, 2.24) is 5.32 Å². The van der Waals surface area contributed by atoms with Crippen LogP contribution in [0.2, 0.25) is 0 Å². The van der Waals surface area contributed by atoms with Crippen molar-refractivity contribution in [3.05, 3.63) is 33.5 Å². The Morgan fingerprint density at radius 3 is 2.75 bits per heavy atom. The van der Waals surface area contributed by atoms with E-state index in [4.69, 9.17) is 0 Å². The lowest BCUT2D eigenvalue weighted by molar-refractivity contribution is 0.552. The van der Waals surface area contributed by atoms with Crippen molar-refractivity contribution in [1.29, 1.82) is 0 Å². The third-order valence-corrected chi connectivity index (χ3v) is 3.76. The molecular weight excluding hydrogens is 269 g/mol. The second-order valence-corrected chi connectivity index (χ2v) is 5.56. The molecule has 1 aromatic rings. The summed E-state index contributed by atoms with van der Waals surface area (Å²) in [5.41, 5.74) is 2.01. The summed E-state index contributed by atoms with van der Waals surface area (Å²) in [6.45, 7) is 5.25. The summed E-state index contributed by atoms with van der Waals surface area (Å²) in [6.07, 6.45) is 2.17. The quantitative estimate of drug-likeness (QED) is 0.861. The maximum atomic E-state index is 14.0. The van der Waals surface area contributed by atoms with E-state index in [1.54, 1.807) is 0 Å². The first kappa shape index (κ1) is 12.1. The molecule has 0 radical (unpaired) electrons. The molecule has 1 saturated heterocycles. The second kappa shape index (κ2) is 4.84. The summed E-state index contributed by atoms with van der Waals surface area (Å²) in [5, 5.41) is 3.35. The van der Waals surface area contributed by atoms with Gasteiger partial charge in [-0.2, -0.15) is 0 Å². The van der Waals surface area contributed by atoms with E-state index in [1.165, 1.54) is 5.56 Å². The van der Waals surface area contributed by atoms with E-state index in [0.717, 1.165) is 24.9 Å². The molecule has 1 atom stereocenters. The predicted octanol–water partition coefficient (Wildman–Crippen LogP) is 4.14. The van der Waals surface area contributed by atoms with Gasteiger partial charge in [0.1, 0.15) is 5.82 Å². The van der Waals surface area contributed by atoms with Crippen LogP contribution in [0.25, 0.3) is 0 Å². The zero-order chi connectivity index (χ0) is 11.7. The Morgan fingerprint density at radius 1 is 1.44 bits per heavy atom. The molecule has 1 aromatic carbocycles. The summed E-state index contributed by atoms with van der Waals surface area (Å²) < 4.78 is 14.6. The number of hydrogen-bond acceptors (Lipinski definition) is 1. The summed E-state index contributed by atoms with van der Waals surface area (Å²) >= 11 is 3.31. The summed E-state index contributed by atoms with van der Waals surface area (Å²) in [4.78, 5) is 0. The van der Waals surface area contributed by atoms with E-state index in [0.29, 0.717) is 10.4 Å². The van der Waals surface area contributed by atoms with Gasteiger partial charge in [-0.3, -0.25) is 0 Å². The normalized spacial score (nSPS) is 20.7. The molecule has 1 aliphatic rings. The predicted molar refractivity (Wildman–Crippen MR) is 68.2 cm³/mol. The molecule has 1 aliphatic heterocycles. The zero-order valence-corrected chi connectivity index (χ0v) is 11.3. The van der Waals surface area contributed by atoms with Gasteiger partial charge in [0.05, 0.1) is 4.47 Å². The summed E-state index contributed by atoms with van der Waals surface area (Å²) in [5.74, 6) is 0.320. The van der Waals surface area contributed by atoms with Crippen LogP contribution < -0.4 is 5.32 Å². The van der Waals surface area contributed by atoms with Crippen molar-refractivity contribution in [3.63, 3.8) is 0 Å². The molecule has 0 saturated carbocycles. The van der Waals surface area contributed by atoms with Crippen molar-refractivity contribution < 1.29 is 4.39 Å². The molecule has 3 heteroatoms. The smallest absolute Gasteiger partial charge is 0.142 e. The van der Waals surface area contributed by atoms with Crippen molar-refractivity contribution in [2.75, 3.05) is 6.54 Å². The van der Waals surface area contributed by atoms with Crippen LogP contribution in [0.4, 0.5) is 4.39 Å². The lowest BCUT2D eigenvalue weighted by Gasteiger charge is -2.16. The van der Waals surface area contributed by atoms with E-state index in [-0.39, 0.29) is 11.9 Å². The van der Waals surface area contributed by atoms with Gasteiger partial charge in [0.2, 0.25) is 0 Å². The van der Waals surface area contributed by atoms with Gasteiger partial charge in [-0.1, -0.05) is 19.9 Å². The molecule has 1 heterocycles. The van der Waals surface area contributed by atoms with Crippen molar-refractivity contribution in [2.45, 2.75) is 38.6 Å². The van der Waals surface area contributed by atoms with Crippen LogP contribution in [-0.4, -0.2) is 6.54 Å². The Bertz CT molecular complexity index is 384. The fourth-order valence-electron chi connectivity index (χ4n) is 2.17. The van der Waals surface area contributed by atoms with Crippen molar-refractivity contribution >= 4 is 15.9 Å². The Kier molecular flexibility index (Phi) is 3.65. The molecule has 0 amide bonds. The number of nitrogens with one attached hydrogen (secondary N) is 1. The molecular formula is C13H17BrFN. The average molecular weight is 286 g/mol. The standard InChI is InChI=1S/C13H17BrFN/c1-8(2)9-6-10(12-4-3-5-16-12)13(15)11(14)7-9/h6-8,12,16H,3-5H2,1-2H3. The van der Waals surface area contributed by atoms with E-state index < -0.39 is 0 Å². The Labute approximate surface area is 105 Å². The maximum absolute atomic E-state index is 14.0. The number of hydrogen-bond donors (Lipinski definition) is 1. The second-order valence-electron chi connectivity index (χ2n) is 4.71. The topological polar surface area (TPSA) is 12.0 Å². The van der Waals surface area contributed by atoms with Crippen LogP contribution in [0.5, 0.6) is 0 Å². The van der Waals surface area contributed by atoms with Gasteiger partial charge >= 0.3 is 0 Å². The molecule has 88 valence electrons. The number of benzene rings is 1. The molecule has 0 bridgehead atoms. The molecule has 0 aromatic heterocycles. The van der Waals surface area contributed by atoms with Gasteiger partial charge in [-0.05, 0) is 52.9 Å². The highest BCUT2D eigenvalue weighted by Gasteiger charge is 2.22. The van der Waals surface area contributed by atoms with Crippen molar-refractivity contribution in [2.24, 2.45) is 0 Å². The van der Waals surface area contributed by atoms with Crippen LogP contribution in [0.3, 0.4) is 0 Å². The summed E-state index contributed by atoms with van der Waals surface area (Å²) in [6, 6.07) is 4.08. The molecule has 1 unspecified atom stereocenters. The van der Waals surface area contributed by atoms with E-state index in [9.17, 15) is 4.39 Å². The lowest BCUT2D eigenvalue weighted by atomic mass is 9.96. The molecule has 2 rings (SSSR count). The lowest BCUT2D eigenvalue weighted by Crippen LogP contribution is -2.15. The number of halogens is 2. The van der Waals surface area contributed by atoms with Gasteiger partial charge in [0.15, 0.2) is 0 Å². The Hall–Kier alpha value is -0.410. The van der Waals surface area contributed by atoms with E-state index >= 15 is 0 Å². The monoisotopic (exact) mass is 285 g/mol. The van der Waals surface area contributed by atoms with Crippen LogP contribution in [0.1, 0.15) is 49.8 Å². The highest BCUT2D eigenvalue weighted by Crippen LogP contribution is 2.32. The van der Waals surface area contributed by atoms with Gasteiger partial charge in [-0.25, -0.2) is 4.39 Å². The molecule has 0 aliphatic carbocycles. The molecule has 0 spiro atoms. The first-order chi connectivity index (χ1) is 7.59. The number of rotatable bonds is 2. The maximum Gasteiger partial charge on any atom is 0.142 e. The van der Waals surface area contributed by atoms with Crippen LogP contribution in [0, 0.1) is 5.82 Å². The van der Waals surface area contributed by atoms with Crippen LogP contribution in [-0.2, 0) is 0 Å². The Morgan fingerprint density at radius 2 is 2.19 bits per heavy atom. The molecule has 1 nitrogen and oxygen atoms in total. The largest absolute Gasteiger partial charge is 0.310 e. The highest BCUT2D eigenvalue weighted by atomic mass is 79.9. The first-order valence-electron chi connectivity index (χ1n) is 5.82. The van der Waals surface area contributed by atoms with Gasteiger partial charge in [-0.15, -0.1) is 0 Å². The SMILES string of the molecule is CC(C)c1cc(Br)c(F)c(C2CCCN2)c1. The highest BCUT2D eigenvalue weighted by molar-refractivity contribution is 9.10. The van der Waals surface area contributed by atoms with Gasteiger partial charge in [0.25, 0.3) is 0 Å². The fraction of sp³-hybridized carbons (Fsp3) is 0.538. The Balaban J connectivity index is 2.41. The van der Waals surface area contributed by atoms with E-state index in [2.05, 4.69) is 35.1 Å². The minimum absolute atomic E-state index is 0.108. The molecule has 1 N–H and O–H groups in total. The first-order valence-corrected chi connectivity index (χ1v) is 6.61. The zero-order valence-electron chi connectivity index (χ0n) is 9.69. The minimum atomic E-state index is -0.108. The van der Waals surface area contributed by atoms with Crippen molar-refractivity contribution in [3.8, 4) is 0 Å². The van der Waals surface area contributed by atoms with Crippen LogP contribution >= 0.6 is 15.9 Å². The molecule has 16 heavy (non-hydrogen) atoms. The minimum Gasteiger partial charge on any atom is -0.310 e. The molecule has 1 fully saturated rings. The average Bonchev–Trinajstić information content (AvgIpc) is 2.74. The van der Waals surface area contributed by atoms with E-state index in [1.807, 2.05) is 12.1 Å². The third kappa shape index (κ3) is 2.30. The van der Waals surface area contributed by atoms with Crippen LogP contribution in [0.15, 0.2) is 16.6 Å². The van der Waals surface area contributed by atoms with Gasteiger partial charge in [0, 0.05) is 11.6 Å². The van der Waals surface area contributed by atoms with Gasteiger partial charge < -0.3 is 5.32 Å². The fourth-order valence-corrected chi connectivity index (χ4v) is 2.66. The third-order valence-electron chi connectivity index (χ3n) is 3.18. The summed E-state index contributed by atoms with van der Waals surface area (Å²) in [7, 11) is 0.